The van der Waals surface area contributed by atoms with Gasteiger partial charge in [-0.1, -0.05) is 12.1 Å². The molecule has 1 aromatic rings. The highest BCUT2D eigenvalue weighted by molar-refractivity contribution is 5.78. The summed E-state index contributed by atoms with van der Waals surface area (Å²) in [7, 11) is 0. The lowest BCUT2D eigenvalue weighted by Crippen LogP contribution is -2.44. The minimum absolute atomic E-state index is 0.0681. The van der Waals surface area contributed by atoms with Crippen molar-refractivity contribution < 1.29 is 19.4 Å². The van der Waals surface area contributed by atoms with E-state index in [4.69, 9.17) is 10.8 Å². The molecule has 0 heterocycles. The second-order valence-electron chi connectivity index (χ2n) is 2.58. The number of hydrogen-bond acceptors (Lipinski definition) is 3. The second kappa shape index (κ2) is 3.12. The number of hydrogen-bond donors (Lipinski definition) is 3. The Hall–Kier alpha value is -1.46. The zero-order valence-electron chi connectivity index (χ0n) is 6.57. The van der Waals surface area contributed by atoms with Crippen LogP contribution in [0.2, 0.25) is 0 Å². The van der Waals surface area contributed by atoms with E-state index < -0.39 is 17.5 Å². The molecule has 0 aliphatic carbocycles. The van der Waals surface area contributed by atoms with Crippen molar-refractivity contribution in [2.75, 3.05) is 0 Å². The van der Waals surface area contributed by atoms with Crippen LogP contribution in [0.15, 0.2) is 24.3 Å². The first-order chi connectivity index (χ1) is 5.94. The topological polar surface area (TPSA) is 83.5 Å². The van der Waals surface area contributed by atoms with Crippen LogP contribution in [-0.4, -0.2) is 16.2 Å². The Bertz CT molecular complexity index is 321. The van der Waals surface area contributed by atoms with Crippen LogP contribution in [0.5, 0.6) is 0 Å². The van der Waals surface area contributed by atoms with Crippen LogP contribution < -0.4 is 5.73 Å². The Morgan fingerprint density at radius 1 is 1.38 bits per heavy atom. The molecule has 5 heteroatoms. The van der Waals surface area contributed by atoms with Crippen LogP contribution in [0, 0.1) is 5.82 Å². The first-order valence-electron chi connectivity index (χ1n) is 3.45. The highest BCUT2D eigenvalue weighted by Gasteiger charge is 2.32. The van der Waals surface area contributed by atoms with Gasteiger partial charge in [-0.3, -0.25) is 5.73 Å². The number of benzene rings is 1. The summed E-state index contributed by atoms with van der Waals surface area (Å²) in [4.78, 5) is 10.4. The van der Waals surface area contributed by atoms with Crippen molar-refractivity contribution in [1.82, 2.24) is 0 Å². The molecule has 0 fully saturated rings. The summed E-state index contributed by atoms with van der Waals surface area (Å²) < 4.78 is 12.4. The van der Waals surface area contributed by atoms with E-state index in [1.54, 1.807) is 0 Å². The first-order valence-corrected chi connectivity index (χ1v) is 3.45. The van der Waals surface area contributed by atoms with Gasteiger partial charge in [-0.15, -0.1) is 0 Å². The number of carbonyl (C=O) groups is 1. The van der Waals surface area contributed by atoms with E-state index in [9.17, 15) is 14.3 Å². The van der Waals surface area contributed by atoms with Gasteiger partial charge in [0.25, 0.3) is 0 Å². The minimum atomic E-state index is -2.46. The summed E-state index contributed by atoms with van der Waals surface area (Å²) in [6, 6.07) is 4.28. The van der Waals surface area contributed by atoms with E-state index in [2.05, 4.69) is 0 Å². The summed E-state index contributed by atoms with van der Waals surface area (Å²) in [5.41, 5.74) is 2.53. The normalized spacial score (nSPS) is 15.0. The van der Waals surface area contributed by atoms with Gasteiger partial charge >= 0.3 is 5.97 Å². The van der Waals surface area contributed by atoms with E-state index in [0.717, 1.165) is 24.3 Å². The lowest BCUT2D eigenvalue weighted by molar-refractivity contribution is -0.159. The van der Waals surface area contributed by atoms with Gasteiger partial charge < -0.3 is 10.2 Å². The van der Waals surface area contributed by atoms with E-state index in [1.165, 1.54) is 0 Å². The first kappa shape index (κ1) is 9.63. The zero-order valence-corrected chi connectivity index (χ0v) is 6.57. The molecule has 0 saturated heterocycles. The maximum absolute atomic E-state index is 12.4. The van der Waals surface area contributed by atoms with Crippen molar-refractivity contribution in [3.05, 3.63) is 35.6 Å². The van der Waals surface area contributed by atoms with Gasteiger partial charge in [-0.05, 0) is 12.1 Å². The molecular formula is C8H8FNO3. The Balaban J connectivity index is 3.08. The van der Waals surface area contributed by atoms with E-state index >= 15 is 0 Å². The Kier molecular flexibility index (Phi) is 2.31. The molecule has 0 aliphatic heterocycles. The maximum Gasteiger partial charge on any atom is 0.356 e. The number of aliphatic hydroxyl groups is 1. The summed E-state index contributed by atoms with van der Waals surface area (Å²) in [5, 5.41) is 17.7. The van der Waals surface area contributed by atoms with E-state index in [1.807, 2.05) is 0 Å². The van der Waals surface area contributed by atoms with Crippen molar-refractivity contribution in [1.29, 1.82) is 0 Å². The van der Waals surface area contributed by atoms with E-state index in [-0.39, 0.29) is 5.56 Å². The maximum atomic E-state index is 12.4. The molecule has 0 amide bonds. The minimum Gasteiger partial charge on any atom is -0.478 e. The SMILES string of the molecule is NC(O)(C(=O)O)c1ccc(F)cc1. The molecule has 0 spiro atoms. The van der Waals surface area contributed by atoms with Crippen molar-refractivity contribution in [2.24, 2.45) is 5.73 Å². The fourth-order valence-electron chi connectivity index (χ4n) is 0.827. The summed E-state index contributed by atoms with van der Waals surface area (Å²) >= 11 is 0. The fourth-order valence-corrected chi connectivity index (χ4v) is 0.827. The summed E-state index contributed by atoms with van der Waals surface area (Å²) in [6.45, 7) is 0. The van der Waals surface area contributed by atoms with Crippen LogP contribution in [0.1, 0.15) is 5.56 Å². The van der Waals surface area contributed by atoms with Gasteiger partial charge in [0.15, 0.2) is 0 Å². The average Bonchev–Trinajstić information content (AvgIpc) is 2.04. The number of halogens is 1. The number of aliphatic carboxylic acids is 1. The van der Waals surface area contributed by atoms with Crippen molar-refractivity contribution in [2.45, 2.75) is 5.72 Å². The number of nitrogens with two attached hydrogens (primary N) is 1. The molecule has 1 atom stereocenters. The Morgan fingerprint density at radius 2 is 1.85 bits per heavy atom. The highest BCUT2D eigenvalue weighted by atomic mass is 19.1. The molecule has 0 bridgehead atoms. The van der Waals surface area contributed by atoms with Crippen LogP contribution in [0.25, 0.3) is 0 Å². The molecule has 4 N–H and O–H groups in total. The van der Waals surface area contributed by atoms with Gasteiger partial charge in [-0.2, -0.15) is 0 Å². The smallest absolute Gasteiger partial charge is 0.356 e. The average molecular weight is 185 g/mol. The monoisotopic (exact) mass is 185 g/mol. The molecule has 1 unspecified atom stereocenters. The summed E-state index contributed by atoms with van der Waals surface area (Å²) in [6.07, 6.45) is 0. The fraction of sp³-hybridized carbons (Fsp3) is 0.125. The largest absolute Gasteiger partial charge is 0.478 e. The van der Waals surface area contributed by atoms with Gasteiger partial charge in [0.1, 0.15) is 5.82 Å². The van der Waals surface area contributed by atoms with Crippen molar-refractivity contribution in [3.8, 4) is 0 Å². The van der Waals surface area contributed by atoms with E-state index in [0.29, 0.717) is 0 Å². The quantitative estimate of drug-likeness (QED) is 0.567. The third kappa shape index (κ3) is 1.82. The predicted molar refractivity (Wildman–Crippen MR) is 42.1 cm³/mol. The van der Waals surface area contributed by atoms with Gasteiger partial charge in [0.05, 0.1) is 0 Å². The molecule has 0 saturated carbocycles. The van der Waals surface area contributed by atoms with Crippen LogP contribution in [-0.2, 0) is 10.5 Å². The Morgan fingerprint density at radius 3 is 2.23 bits per heavy atom. The Labute approximate surface area is 73.4 Å². The van der Waals surface area contributed by atoms with Crippen molar-refractivity contribution >= 4 is 5.97 Å². The van der Waals surface area contributed by atoms with Gasteiger partial charge in [0, 0.05) is 5.56 Å². The molecule has 0 aromatic heterocycles. The molecule has 1 rings (SSSR count). The lowest BCUT2D eigenvalue weighted by Gasteiger charge is -2.17. The molecule has 0 radical (unpaired) electrons. The molecule has 0 aliphatic rings. The standard InChI is InChI=1S/C8H8FNO3/c9-6-3-1-5(2-4-6)8(10,13)7(11)12/h1-4,13H,10H2,(H,11,12). The molecule has 70 valence electrons. The predicted octanol–water partition coefficient (Wildman–Crippen LogP) is 0.0141. The third-order valence-electron chi connectivity index (χ3n) is 1.61. The molecule has 1 aromatic carbocycles. The summed E-state index contributed by atoms with van der Waals surface area (Å²) in [5.74, 6) is -2.11. The van der Waals surface area contributed by atoms with Crippen LogP contribution in [0.4, 0.5) is 4.39 Å². The molecular weight excluding hydrogens is 177 g/mol. The molecule has 4 nitrogen and oxygen atoms in total. The van der Waals surface area contributed by atoms with Crippen LogP contribution >= 0.6 is 0 Å². The second-order valence-corrected chi connectivity index (χ2v) is 2.58. The van der Waals surface area contributed by atoms with Gasteiger partial charge in [-0.25, -0.2) is 9.18 Å². The van der Waals surface area contributed by atoms with Gasteiger partial charge in [0.2, 0.25) is 5.72 Å². The number of carboxylic acid groups (broad SMARTS) is 1. The third-order valence-corrected chi connectivity index (χ3v) is 1.61. The van der Waals surface area contributed by atoms with Crippen LogP contribution in [0.3, 0.4) is 0 Å². The highest BCUT2D eigenvalue weighted by Crippen LogP contribution is 2.15. The molecule has 13 heavy (non-hydrogen) atoms. The lowest BCUT2D eigenvalue weighted by atomic mass is 10.0. The zero-order chi connectivity index (χ0) is 10.1. The van der Waals surface area contributed by atoms with Crippen molar-refractivity contribution in [3.63, 3.8) is 0 Å². The number of rotatable bonds is 2. The number of carboxylic acids is 1.